The van der Waals surface area contributed by atoms with Crippen molar-refractivity contribution in [2.45, 2.75) is 46.1 Å². The van der Waals surface area contributed by atoms with E-state index in [4.69, 9.17) is 10.5 Å². The van der Waals surface area contributed by atoms with E-state index < -0.39 is 0 Å². The second-order valence-electron chi connectivity index (χ2n) is 4.26. The van der Waals surface area contributed by atoms with Crippen molar-refractivity contribution in [2.75, 3.05) is 6.61 Å². The topological polar surface area (TPSA) is 35.2 Å². The SMILES string of the molecule is CCCOc1ccc(C(N)CCC)c(C)c1. The van der Waals surface area contributed by atoms with Crippen molar-refractivity contribution < 1.29 is 4.74 Å². The van der Waals surface area contributed by atoms with E-state index >= 15 is 0 Å². The second kappa shape index (κ2) is 6.54. The third-order valence-electron chi connectivity index (χ3n) is 2.71. The first-order chi connectivity index (χ1) is 7.69. The molecule has 0 spiro atoms. The molecular formula is C14H23NO. The van der Waals surface area contributed by atoms with Crippen molar-refractivity contribution >= 4 is 0 Å². The van der Waals surface area contributed by atoms with E-state index in [9.17, 15) is 0 Å². The summed E-state index contributed by atoms with van der Waals surface area (Å²) < 4.78 is 5.59. The van der Waals surface area contributed by atoms with E-state index in [1.54, 1.807) is 0 Å². The third-order valence-corrected chi connectivity index (χ3v) is 2.71. The maximum atomic E-state index is 6.12. The van der Waals surface area contributed by atoms with Gasteiger partial charge in [-0.2, -0.15) is 0 Å². The van der Waals surface area contributed by atoms with Crippen LogP contribution in [0.5, 0.6) is 5.75 Å². The fourth-order valence-electron chi connectivity index (χ4n) is 1.84. The Morgan fingerprint density at radius 1 is 1.25 bits per heavy atom. The van der Waals surface area contributed by atoms with Crippen LogP contribution in [0, 0.1) is 6.92 Å². The molecule has 0 aromatic heterocycles. The molecule has 16 heavy (non-hydrogen) atoms. The molecule has 2 heteroatoms. The molecule has 1 aromatic rings. The fraction of sp³-hybridized carbons (Fsp3) is 0.571. The van der Waals surface area contributed by atoms with Crippen LogP contribution in [0.1, 0.15) is 50.3 Å². The lowest BCUT2D eigenvalue weighted by atomic mass is 9.98. The quantitative estimate of drug-likeness (QED) is 0.796. The number of rotatable bonds is 6. The van der Waals surface area contributed by atoms with Gasteiger partial charge < -0.3 is 10.5 Å². The van der Waals surface area contributed by atoms with Crippen LogP contribution in [0.3, 0.4) is 0 Å². The molecule has 1 atom stereocenters. The number of nitrogens with two attached hydrogens (primary N) is 1. The van der Waals surface area contributed by atoms with Gasteiger partial charge in [0.1, 0.15) is 5.75 Å². The van der Waals surface area contributed by atoms with Crippen LogP contribution in [-0.4, -0.2) is 6.61 Å². The molecule has 0 bridgehead atoms. The van der Waals surface area contributed by atoms with E-state index in [2.05, 4.69) is 32.9 Å². The van der Waals surface area contributed by atoms with Crippen LogP contribution in [0.4, 0.5) is 0 Å². The first kappa shape index (κ1) is 13.0. The molecule has 0 saturated carbocycles. The summed E-state index contributed by atoms with van der Waals surface area (Å²) in [6, 6.07) is 6.36. The molecule has 0 saturated heterocycles. The molecule has 90 valence electrons. The van der Waals surface area contributed by atoms with Crippen molar-refractivity contribution in [1.29, 1.82) is 0 Å². The van der Waals surface area contributed by atoms with Gasteiger partial charge in [0.25, 0.3) is 0 Å². The van der Waals surface area contributed by atoms with Crippen LogP contribution < -0.4 is 10.5 Å². The largest absolute Gasteiger partial charge is 0.494 e. The van der Waals surface area contributed by atoms with Gasteiger partial charge in [-0.25, -0.2) is 0 Å². The zero-order valence-electron chi connectivity index (χ0n) is 10.6. The molecule has 1 aromatic carbocycles. The van der Waals surface area contributed by atoms with E-state index in [1.807, 2.05) is 6.07 Å². The smallest absolute Gasteiger partial charge is 0.119 e. The Bertz CT molecular complexity index is 323. The molecule has 0 radical (unpaired) electrons. The van der Waals surface area contributed by atoms with Gasteiger partial charge in [0, 0.05) is 6.04 Å². The molecule has 0 aliphatic rings. The minimum absolute atomic E-state index is 0.158. The zero-order chi connectivity index (χ0) is 12.0. The summed E-state index contributed by atoms with van der Waals surface area (Å²) in [7, 11) is 0. The lowest BCUT2D eigenvalue weighted by Gasteiger charge is -2.15. The number of hydrogen-bond acceptors (Lipinski definition) is 2. The minimum atomic E-state index is 0.158. The maximum absolute atomic E-state index is 6.12. The molecule has 1 unspecified atom stereocenters. The molecule has 1 rings (SSSR count). The zero-order valence-corrected chi connectivity index (χ0v) is 10.6. The number of aryl methyl sites for hydroxylation is 1. The van der Waals surface area contributed by atoms with Gasteiger partial charge in [0.2, 0.25) is 0 Å². The summed E-state index contributed by atoms with van der Waals surface area (Å²) in [6.45, 7) is 7.15. The van der Waals surface area contributed by atoms with Gasteiger partial charge in [-0.05, 0) is 43.0 Å². The van der Waals surface area contributed by atoms with Crippen molar-refractivity contribution in [3.63, 3.8) is 0 Å². The number of hydrogen-bond donors (Lipinski definition) is 1. The predicted octanol–water partition coefficient (Wildman–Crippen LogP) is 3.58. The molecule has 2 N–H and O–H groups in total. The average molecular weight is 221 g/mol. The van der Waals surface area contributed by atoms with Crippen LogP contribution in [0.25, 0.3) is 0 Å². The molecule has 0 heterocycles. The summed E-state index contributed by atoms with van der Waals surface area (Å²) in [5.74, 6) is 0.951. The Morgan fingerprint density at radius 3 is 2.56 bits per heavy atom. The maximum Gasteiger partial charge on any atom is 0.119 e. The predicted molar refractivity (Wildman–Crippen MR) is 68.8 cm³/mol. The van der Waals surface area contributed by atoms with Crippen LogP contribution >= 0.6 is 0 Å². The Hall–Kier alpha value is -1.02. The first-order valence-electron chi connectivity index (χ1n) is 6.18. The standard InChI is InChI=1S/C14H23NO/c1-4-6-14(15)13-8-7-12(10-11(13)3)16-9-5-2/h7-8,10,14H,4-6,9,15H2,1-3H3. The van der Waals surface area contributed by atoms with Gasteiger partial charge in [-0.3, -0.25) is 0 Å². The third kappa shape index (κ3) is 3.53. The summed E-state index contributed by atoms with van der Waals surface area (Å²) >= 11 is 0. The van der Waals surface area contributed by atoms with E-state index in [-0.39, 0.29) is 6.04 Å². The van der Waals surface area contributed by atoms with Crippen molar-refractivity contribution in [3.8, 4) is 5.75 Å². The van der Waals surface area contributed by atoms with Crippen molar-refractivity contribution in [3.05, 3.63) is 29.3 Å². The summed E-state index contributed by atoms with van der Waals surface area (Å²) in [6.07, 6.45) is 3.20. The highest BCUT2D eigenvalue weighted by Gasteiger charge is 2.08. The van der Waals surface area contributed by atoms with Crippen molar-refractivity contribution in [2.24, 2.45) is 5.73 Å². The van der Waals surface area contributed by atoms with Crippen LogP contribution in [0.2, 0.25) is 0 Å². The average Bonchev–Trinajstić information content (AvgIpc) is 2.26. The van der Waals surface area contributed by atoms with Gasteiger partial charge in [0.15, 0.2) is 0 Å². The number of ether oxygens (including phenoxy) is 1. The second-order valence-corrected chi connectivity index (χ2v) is 4.26. The first-order valence-corrected chi connectivity index (χ1v) is 6.18. The molecule has 0 fully saturated rings. The normalized spacial score (nSPS) is 12.5. The van der Waals surface area contributed by atoms with Gasteiger partial charge in [-0.1, -0.05) is 26.3 Å². The molecule has 2 nitrogen and oxygen atoms in total. The monoisotopic (exact) mass is 221 g/mol. The minimum Gasteiger partial charge on any atom is -0.494 e. The van der Waals surface area contributed by atoms with Gasteiger partial charge in [-0.15, -0.1) is 0 Å². The molecule has 0 amide bonds. The van der Waals surface area contributed by atoms with Crippen molar-refractivity contribution in [1.82, 2.24) is 0 Å². The van der Waals surface area contributed by atoms with E-state index in [0.717, 1.165) is 31.6 Å². The highest BCUT2D eigenvalue weighted by atomic mass is 16.5. The highest BCUT2D eigenvalue weighted by molar-refractivity contribution is 5.36. The number of benzene rings is 1. The van der Waals surface area contributed by atoms with Crippen LogP contribution in [0.15, 0.2) is 18.2 Å². The van der Waals surface area contributed by atoms with Gasteiger partial charge in [0.05, 0.1) is 6.61 Å². The summed E-state index contributed by atoms with van der Waals surface area (Å²) in [5, 5.41) is 0. The van der Waals surface area contributed by atoms with E-state index in [1.165, 1.54) is 11.1 Å². The summed E-state index contributed by atoms with van der Waals surface area (Å²) in [5.41, 5.74) is 8.59. The van der Waals surface area contributed by atoms with Crippen LogP contribution in [-0.2, 0) is 0 Å². The Kier molecular flexibility index (Phi) is 5.33. The Labute approximate surface area is 98.8 Å². The molecule has 0 aliphatic heterocycles. The highest BCUT2D eigenvalue weighted by Crippen LogP contribution is 2.24. The van der Waals surface area contributed by atoms with Gasteiger partial charge >= 0.3 is 0 Å². The summed E-state index contributed by atoms with van der Waals surface area (Å²) in [4.78, 5) is 0. The van der Waals surface area contributed by atoms with E-state index in [0.29, 0.717) is 0 Å². The lowest BCUT2D eigenvalue weighted by Crippen LogP contribution is -2.11. The lowest BCUT2D eigenvalue weighted by molar-refractivity contribution is 0.317. The Morgan fingerprint density at radius 2 is 2.00 bits per heavy atom. The fourth-order valence-corrected chi connectivity index (χ4v) is 1.84. The molecular weight excluding hydrogens is 198 g/mol. The Balaban J connectivity index is 2.74. The molecule has 0 aliphatic carbocycles.